The van der Waals surface area contributed by atoms with Crippen molar-refractivity contribution in [3.63, 3.8) is 0 Å². The van der Waals surface area contributed by atoms with E-state index < -0.39 is 6.09 Å². The highest BCUT2D eigenvalue weighted by atomic mass is 35.5. The molecule has 0 unspecified atom stereocenters. The van der Waals surface area contributed by atoms with E-state index in [1.165, 1.54) is 0 Å². The molecule has 1 amide bonds. The molecule has 0 saturated heterocycles. The number of hydrogen-bond acceptors (Lipinski definition) is 3. The lowest BCUT2D eigenvalue weighted by molar-refractivity contribution is 0.152. The summed E-state index contributed by atoms with van der Waals surface area (Å²) >= 11 is 5.83. The molecule has 0 radical (unpaired) electrons. The summed E-state index contributed by atoms with van der Waals surface area (Å²) in [4.78, 5) is 14.9. The molecule has 0 fully saturated rings. The molecule has 1 aromatic carbocycles. The van der Waals surface area contributed by atoms with Gasteiger partial charge in [0.15, 0.2) is 0 Å². The number of carbonyl (C=O) groups is 1. The average molecular weight is 254 g/mol. The first-order chi connectivity index (χ1) is 8.22. The predicted octanol–water partition coefficient (Wildman–Crippen LogP) is 1.87. The van der Waals surface area contributed by atoms with Crippen LogP contribution in [0.4, 0.5) is 4.79 Å². The van der Waals surface area contributed by atoms with Gasteiger partial charge in [0.25, 0.3) is 0 Å². The number of nitrogens with zero attached hydrogens (tertiary/aromatic N) is 2. The smallest absolute Gasteiger partial charge is 0.404 e. The van der Waals surface area contributed by atoms with Crippen LogP contribution in [0.5, 0.6) is 0 Å². The molecule has 2 N–H and O–H groups in total. The molecule has 0 atom stereocenters. The van der Waals surface area contributed by atoms with E-state index >= 15 is 0 Å². The highest BCUT2D eigenvalue weighted by molar-refractivity contribution is 6.16. The predicted molar refractivity (Wildman–Crippen MR) is 64.8 cm³/mol. The minimum absolute atomic E-state index is 0.208. The molecule has 1 heterocycles. The lowest BCUT2D eigenvalue weighted by Gasteiger charge is -2.07. The number of nitrogens with two attached hydrogens (primary N) is 1. The van der Waals surface area contributed by atoms with Crippen LogP contribution in [-0.2, 0) is 17.2 Å². The van der Waals surface area contributed by atoms with Gasteiger partial charge in [0.2, 0.25) is 0 Å². The van der Waals surface area contributed by atoms with Crippen LogP contribution >= 0.6 is 11.6 Å². The van der Waals surface area contributed by atoms with Crippen molar-refractivity contribution in [1.29, 1.82) is 0 Å². The number of para-hydroxylation sites is 2. The molecule has 0 bridgehead atoms. The maximum Gasteiger partial charge on any atom is 0.404 e. The van der Waals surface area contributed by atoms with Crippen molar-refractivity contribution in [2.45, 2.75) is 12.4 Å². The Hall–Kier alpha value is -1.75. The van der Waals surface area contributed by atoms with E-state index in [-0.39, 0.29) is 6.61 Å². The Morgan fingerprint density at radius 1 is 1.47 bits per heavy atom. The number of fused-ring (bicyclic) bond motifs is 1. The van der Waals surface area contributed by atoms with Crippen molar-refractivity contribution in [1.82, 2.24) is 9.55 Å². The van der Waals surface area contributed by atoms with Gasteiger partial charge >= 0.3 is 6.09 Å². The molecule has 0 aliphatic carbocycles. The second kappa shape index (κ2) is 5.05. The Morgan fingerprint density at radius 3 is 2.94 bits per heavy atom. The summed E-state index contributed by atoms with van der Waals surface area (Å²) in [7, 11) is 0. The molecular formula is C11H12ClN3O2. The van der Waals surface area contributed by atoms with Crippen LogP contribution < -0.4 is 5.73 Å². The van der Waals surface area contributed by atoms with Crippen LogP contribution in [0.15, 0.2) is 24.3 Å². The summed E-state index contributed by atoms with van der Waals surface area (Å²) in [6.07, 6.45) is -0.776. The number of hydrogen-bond donors (Lipinski definition) is 1. The number of alkyl halides is 1. The van der Waals surface area contributed by atoms with Crippen LogP contribution in [0.25, 0.3) is 11.0 Å². The molecule has 17 heavy (non-hydrogen) atoms. The first-order valence-electron chi connectivity index (χ1n) is 5.14. The summed E-state index contributed by atoms with van der Waals surface area (Å²) in [5.41, 5.74) is 6.75. The average Bonchev–Trinajstić information content (AvgIpc) is 2.67. The Balaban J connectivity index is 2.27. The summed E-state index contributed by atoms with van der Waals surface area (Å²) in [5, 5.41) is 0. The van der Waals surface area contributed by atoms with Gasteiger partial charge in [-0.1, -0.05) is 12.1 Å². The molecular weight excluding hydrogens is 242 g/mol. The molecule has 0 spiro atoms. The Kier molecular flexibility index (Phi) is 3.49. The van der Waals surface area contributed by atoms with E-state index in [0.717, 1.165) is 16.9 Å². The molecule has 5 nitrogen and oxygen atoms in total. The zero-order valence-electron chi connectivity index (χ0n) is 9.10. The standard InChI is InChI=1S/C11H12ClN3O2/c12-7-10-14-8-3-1-2-4-9(8)15(10)5-6-17-11(13)16/h1-4H,5-7H2,(H2,13,16). The van der Waals surface area contributed by atoms with Crippen molar-refractivity contribution in [2.75, 3.05) is 6.61 Å². The summed E-state index contributed by atoms with van der Waals surface area (Å²) in [5.74, 6) is 1.06. The highest BCUT2D eigenvalue weighted by Gasteiger charge is 2.09. The van der Waals surface area contributed by atoms with E-state index in [0.29, 0.717) is 12.4 Å². The number of ether oxygens (including phenoxy) is 1. The molecule has 0 aliphatic rings. The molecule has 2 aromatic rings. The number of halogens is 1. The van der Waals surface area contributed by atoms with Crippen LogP contribution in [-0.4, -0.2) is 22.3 Å². The molecule has 1 aromatic heterocycles. The number of benzene rings is 1. The zero-order chi connectivity index (χ0) is 12.3. The summed E-state index contributed by atoms with van der Waals surface area (Å²) < 4.78 is 6.63. The second-order valence-corrected chi connectivity index (χ2v) is 3.74. The van der Waals surface area contributed by atoms with Crippen LogP contribution in [0, 0.1) is 0 Å². The first-order valence-corrected chi connectivity index (χ1v) is 5.68. The van der Waals surface area contributed by atoms with Crippen molar-refractivity contribution < 1.29 is 9.53 Å². The lowest BCUT2D eigenvalue weighted by atomic mass is 10.3. The molecule has 2 rings (SSSR count). The van der Waals surface area contributed by atoms with Crippen LogP contribution in [0.1, 0.15) is 5.82 Å². The lowest BCUT2D eigenvalue weighted by Crippen LogP contribution is -2.17. The molecule has 0 saturated carbocycles. The van der Waals surface area contributed by atoms with E-state index in [1.807, 2.05) is 28.8 Å². The van der Waals surface area contributed by atoms with Crippen molar-refractivity contribution in [3.05, 3.63) is 30.1 Å². The SMILES string of the molecule is NC(=O)OCCn1c(CCl)nc2ccccc21. The van der Waals surface area contributed by atoms with E-state index in [9.17, 15) is 4.79 Å². The largest absolute Gasteiger partial charge is 0.448 e. The third-order valence-corrected chi connectivity index (χ3v) is 2.65. The third-order valence-electron chi connectivity index (χ3n) is 2.41. The Bertz CT molecular complexity index is 538. The number of primary amides is 1. The summed E-state index contributed by atoms with van der Waals surface area (Å²) in [6.45, 7) is 0.699. The number of rotatable bonds is 4. The summed E-state index contributed by atoms with van der Waals surface area (Å²) in [6, 6.07) is 7.70. The van der Waals surface area contributed by atoms with Gasteiger partial charge in [-0.25, -0.2) is 9.78 Å². The number of carbonyl (C=O) groups excluding carboxylic acids is 1. The number of imidazole rings is 1. The fourth-order valence-corrected chi connectivity index (χ4v) is 1.92. The van der Waals surface area contributed by atoms with Gasteiger partial charge < -0.3 is 15.0 Å². The van der Waals surface area contributed by atoms with Gasteiger partial charge in [-0.05, 0) is 12.1 Å². The van der Waals surface area contributed by atoms with E-state index in [2.05, 4.69) is 4.98 Å². The maximum absolute atomic E-state index is 10.5. The fourth-order valence-electron chi connectivity index (χ4n) is 1.71. The molecule has 90 valence electrons. The monoisotopic (exact) mass is 253 g/mol. The molecule has 0 aliphatic heterocycles. The quantitative estimate of drug-likeness (QED) is 0.846. The zero-order valence-corrected chi connectivity index (χ0v) is 9.85. The second-order valence-electron chi connectivity index (χ2n) is 3.47. The third kappa shape index (κ3) is 2.50. The minimum atomic E-state index is -0.776. The van der Waals surface area contributed by atoms with E-state index in [4.69, 9.17) is 22.1 Å². The number of amides is 1. The minimum Gasteiger partial charge on any atom is -0.448 e. The van der Waals surface area contributed by atoms with Gasteiger partial charge in [-0.15, -0.1) is 11.6 Å². The van der Waals surface area contributed by atoms with Crippen molar-refractivity contribution >= 4 is 28.7 Å². The first kappa shape index (κ1) is 11.7. The van der Waals surface area contributed by atoms with Gasteiger partial charge in [-0.3, -0.25) is 0 Å². The fraction of sp³-hybridized carbons (Fsp3) is 0.273. The van der Waals surface area contributed by atoms with Crippen molar-refractivity contribution in [2.24, 2.45) is 5.73 Å². The number of aromatic nitrogens is 2. The Morgan fingerprint density at radius 2 is 2.24 bits per heavy atom. The molecule has 6 heteroatoms. The Labute approximate surface area is 103 Å². The van der Waals surface area contributed by atoms with E-state index in [1.54, 1.807) is 0 Å². The van der Waals surface area contributed by atoms with Crippen LogP contribution in [0.2, 0.25) is 0 Å². The van der Waals surface area contributed by atoms with Gasteiger partial charge in [0.05, 0.1) is 23.5 Å². The topological polar surface area (TPSA) is 70.1 Å². The normalized spacial score (nSPS) is 10.6. The van der Waals surface area contributed by atoms with Crippen LogP contribution in [0.3, 0.4) is 0 Å². The van der Waals surface area contributed by atoms with Crippen molar-refractivity contribution in [3.8, 4) is 0 Å². The van der Waals surface area contributed by atoms with Gasteiger partial charge in [0, 0.05) is 0 Å². The highest BCUT2D eigenvalue weighted by Crippen LogP contribution is 2.17. The maximum atomic E-state index is 10.5. The van der Waals surface area contributed by atoms with Gasteiger partial charge in [0.1, 0.15) is 12.4 Å². The van der Waals surface area contributed by atoms with Gasteiger partial charge in [-0.2, -0.15) is 0 Å².